The molecule has 2 aromatic carbocycles. The molecule has 1 aliphatic rings. The first-order chi connectivity index (χ1) is 14.8. The predicted octanol–water partition coefficient (Wildman–Crippen LogP) is 5.39. The van der Waals surface area contributed by atoms with Crippen LogP contribution in [-0.4, -0.2) is 28.4 Å². The van der Waals surface area contributed by atoms with Crippen LogP contribution in [0.2, 0.25) is 0 Å². The fourth-order valence-corrected chi connectivity index (χ4v) is 3.61. The SMILES string of the molecule is Cc1noc(-c2ccc(-c3ccc(C4(C(=O)O)CC4)cc3)cc2)c1NC(=O)OC(C)C. The van der Waals surface area contributed by atoms with Gasteiger partial charge in [0.15, 0.2) is 5.76 Å². The van der Waals surface area contributed by atoms with E-state index in [1.54, 1.807) is 20.8 Å². The summed E-state index contributed by atoms with van der Waals surface area (Å²) in [6, 6.07) is 15.4. The molecular formula is C24H24N2O5. The molecule has 0 bridgehead atoms. The van der Waals surface area contributed by atoms with Gasteiger partial charge in [-0.2, -0.15) is 0 Å². The lowest BCUT2D eigenvalue weighted by Crippen LogP contribution is -2.19. The number of nitrogens with one attached hydrogen (secondary N) is 1. The number of aryl methyl sites for hydroxylation is 1. The number of carboxylic acids is 1. The van der Waals surface area contributed by atoms with E-state index in [1.807, 2.05) is 48.5 Å². The lowest BCUT2D eigenvalue weighted by atomic mass is 9.93. The number of hydrogen-bond donors (Lipinski definition) is 2. The molecule has 31 heavy (non-hydrogen) atoms. The number of benzene rings is 2. The molecule has 1 amide bonds. The molecule has 1 aromatic heterocycles. The van der Waals surface area contributed by atoms with Crippen LogP contribution in [0.5, 0.6) is 0 Å². The van der Waals surface area contributed by atoms with Crippen molar-refractivity contribution in [2.75, 3.05) is 5.32 Å². The van der Waals surface area contributed by atoms with Crippen LogP contribution in [0.4, 0.5) is 10.5 Å². The van der Waals surface area contributed by atoms with Crippen molar-refractivity contribution in [3.05, 3.63) is 59.8 Å². The summed E-state index contributed by atoms with van der Waals surface area (Å²) in [6.45, 7) is 5.30. The molecule has 0 spiro atoms. The average Bonchev–Trinajstić information content (AvgIpc) is 3.48. The second-order valence-corrected chi connectivity index (χ2v) is 8.09. The minimum atomic E-state index is -0.756. The number of carbonyl (C=O) groups excluding carboxylic acids is 1. The van der Waals surface area contributed by atoms with E-state index in [4.69, 9.17) is 9.26 Å². The number of carbonyl (C=O) groups is 2. The van der Waals surface area contributed by atoms with E-state index in [0.717, 1.165) is 22.3 Å². The van der Waals surface area contributed by atoms with Gasteiger partial charge < -0.3 is 14.4 Å². The number of ether oxygens (including phenoxy) is 1. The van der Waals surface area contributed by atoms with Gasteiger partial charge in [0.05, 0.1) is 11.5 Å². The molecule has 0 unspecified atom stereocenters. The first kappa shape index (κ1) is 20.7. The normalized spacial score (nSPS) is 14.3. The maximum absolute atomic E-state index is 12.0. The molecule has 0 radical (unpaired) electrons. The molecule has 0 atom stereocenters. The summed E-state index contributed by atoms with van der Waals surface area (Å²) in [5.41, 5.74) is 3.93. The summed E-state index contributed by atoms with van der Waals surface area (Å²) < 4.78 is 10.6. The molecule has 7 heteroatoms. The van der Waals surface area contributed by atoms with Gasteiger partial charge in [0.25, 0.3) is 0 Å². The molecule has 2 N–H and O–H groups in total. The Labute approximate surface area is 180 Å². The number of aliphatic carboxylic acids is 1. The smallest absolute Gasteiger partial charge is 0.412 e. The van der Waals surface area contributed by atoms with Gasteiger partial charge in [0, 0.05) is 5.56 Å². The summed E-state index contributed by atoms with van der Waals surface area (Å²) in [7, 11) is 0. The van der Waals surface area contributed by atoms with E-state index in [9.17, 15) is 14.7 Å². The van der Waals surface area contributed by atoms with Crippen LogP contribution in [-0.2, 0) is 14.9 Å². The van der Waals surface area contributed by atoms with Crippen LogP contribution in [0.1, 0.15) is 37.9 Å². The molecule has 160 valence electrons. The van der Waals surface area contributed by atoms with Crippen LogP contribution in [0.15, 0.2) is 53.1 Å². The monoisotopic (exact) mass is 420 g/mol. The fraction of sp³-hybridized carbons (Fsp3) is 0.292. The van der Waals surface area contributed by atoms with Crippen molar-refractivity contribution in [2.45, 2.75) is 45.1 Å². The molecule has 0 aliphatic heterocycles. The van der Waals surface area contributed by atoms with Gasteiger partial charge in [-0.15, -0.1) is 0 Å². The number of anilines is 1. The number of nitrogens with zero attached hydrogens (tertiary/aromatic N) is 1. The Morgan fingerprint density at radius 3 is 2.10 bits per heavy atom. The fourth-order valence-electron chi connectivity index (χ4n) is 3.61. The number of carboxylic acid groups (broad SMARTS) is 1. The minimum absolute atomic E-state index is 0.236. The second kappa shape index (κ2) is 7.91. The quantitative estimate of drug-likeness (QED) is 0.554. The van der Waals surface area contributed by atoms with Gasteiger partial charge in [-0.25, -0.2) is 4.79 Å². The average molecular weight is 420 g/mol. The molecule has 1 fully saturated rings. The van der Waals surface area contributed by atoms with E-state index in [2.05, 4.69) is 10.5 Å². The largest absolute Gasteiger partial charge is 0.481 e. The molecule has 4 rings (SSSR count). The third kappa shape index (κ3) is 4.03. The van der Waals surface area contributed by atoms with Crippen LogP contribution >= 0.6 is 0 Å². The Morgan fingerprint density at radius 2 is 1.58 bits per heavy atom. The van der Waals surface area contributed by atoms with Gasteiger partial charge in [0.2, 0.25) is 0 Å². The van der Waals surface area contributed by atoms with Crippen LogP contribution < -0.4 is 5.32 Å². The van der Waals surface area contributed by atoms with Crippen LogP contribution in [0.25, 0.3) is 22.5 Å². The topological polar surface area (TPSA) is 102 Å². The van der Waals surface area contributed by atoms with Gasteiger partial charge in [-0.1, -0.05) is 53.7 Å². The Hall–Kier alpha value is -3.61. The summed E-state index contributed by atoms with van der Waals surface area (Å²) in [4.78, 5) is 23.5. The Balaban J connectivity index is 1.54. The first-order valence-electron chi connectivity index (χ1n) is 10.2. The zero-order chi connectivity index (χ0) is 22.2. The van der Waals surface area contributed by atoms with Crippen molar-refractivity contribution in [3.8, 4) is 22.5 Å². The highest BCUT2D eigenvalue weighted by Gasteiger charge is 2.51. The van der Waals surface area contributed by atoms with Crippen LogP contribution in [0.3, 0.4) is 0 Å². The summed E-state index contributed by atoms with van der Waals surface area (Å²) in [6.07, 6.45) is 0.580. The lowest BCUT2D eigenvalue weighted by Gasteiger charge is -2.11. The maximum Gasteiger partial charge on any atom is 0.412 e. The third-order valence-corrected chi connectivity index (χ3v) is 5.51. The van der Waals surface area contributed by atoms with Crippen molar-refractivity contribution < 1.29 is 24.0 Å². The summed E-state index contributed by atoms with van der Waals surface area (Å²) in [5, 5.41) is 16.1. The predicted molar refractivity (Wildman–Crippen MR) is 116 cm³/mol. The molecular weight excluding hydrogens is 396 g/mol. The molecule has 1 aliphatic carbocycles. The highest BCUT2D eigenvalue weighted by atomic mass is 16.6. The molecule has 7 nitrogen and oxygen atoms in total. The van der Waals surface area contributed by atoms with Gasteiger partial charge in [0.1, 0.15) is 11.4 Å². The standard InChI is InChI=1S/C24H24N2O5/c1-14(2)30-23(29)25-20-15(3)26-31-21(20)18-6-4-16(5-7-18)17-8-10-19(11-9-17)24(12-13-24)22(27)28/h4-11,14H,12-13H2,1-3H3,(H,25,29)(H,27,28). The summed E-state index contributed by atoms with van der Waals surface area (Å²) in [5.74, 6) is -0.300. The minimum Gasteiger partial charge on any atom is -0.481 e. The zero-order valence-corrected chi connectivity index (χ0v) is 17.6. The van der Waals surface area contributed by atoms with Crippen molar-refractivity contribution in [2.24, 2.45) is 0 Å². The van der Waals surface area contributed by atoms with Crippen molar-refractivity contribution in [1.82, 2.24) is 5.16 Å². The Bertz CT molecular complexity index is 1110. The number of aromatic nitrogens is 1. The molecule has 3 aromatic rings. The Morgan fingerprint density at radius 1 is 1.03 bits per heavy atom. The van der Waals surface area contributed by atoms with Crippen molar-refractivity contribution >= 4 is 17.7 Å². The maximum atomic E-state index is 12.0. The van der Waals surface area contributed by atoms with E-state index >= 15 is 0 Å². The number of amides is 1. The zero-order valence-electron chi connectivity index (χ0n) is 17.6. The van der Waals surface area contributed by atoms with E-state index in [-0.39, 0.29) is 6.10 Å². The molecule has 1 heterocycles. The van der Waals surface area contributed by atoms with E-state index in [0.29, 0.717) is 30.0 Å². The molecule has 0 saturated heterocycles. The molecule has 1 saturated carbocycles. The highest BCUT2D eigenvalue weighted by Crippen LogP contribution is 2.48. The highest BCUT2D eigenvalue weighted by molar-refractivity contribution is 5.91. The third-order valence-electron chi connectivity index (χ3n) is 5.51. The van der Waals surface area contributed by atoms with Gasteiger partial charge in [-0.3, -0.25) is 10.1 Å². The second-order valence-electron chi connectivity index (χ2n) is 8.09. The number of rotatable bonds is 6. The lowest BCUT2D eigenvalue weighted by molar-refractivity contribution is -0.140. The van der Waals surface area contributed by atoms with E-state index in [1.165, 1.54) is 0 Å². The van der Waals surface area contributed by atoms with Gasteiger partial charge in [-0.05, 0) is 50.3 Å². The summed E-state index contributed by atoms with van der Waals surface area (Å²) >= 11 is 0. The van der Waals surface area contributed by atoms with Crippen molar-refractivity contribution in [3.63, 3.8) is 0 Å². The first-order valence-corrected chi connectivity index (χ1v) is 10.2. The van der Waals surface area contributed by atoms with Crippen molar-refractivity contribution in [1.29, 1.82) is 0 Å². The Kier molecular flexibility index (Phi) is 5.27. The van der Waals surface area contributed by atoms with E-state index < -0.39 is 17.5 Å². The van der Waals surface area contributed by atoms with Crippen LogP contribution in [0, 0.1) is 6.92 Å². The number of hydrogen-bond acceptors (Lipinski definition) is 5. The van der Waals surface area contributed by atoms with Gasteiger partial charge >= 0.3 is 12.1 Å².